The molecule has 0 spiro atoms. The molecule has 182 valence electrons. The second kappa shape index (κ2) is 14.1. The van der Waals surface area contributed by atoms with E-state index >= 15 is 0 Å². The van der Waals surface area contributed by atoms with Crippen LogP contribution in [0.5, 0.6) is 0 Å². The third-order valence-corrected chi connectivity index (χ3v) is 11.0. The third kappa shape index (κ3) is 7.11. The Balaban J connectivity index is 0.000000168. The van der Waals surface area contributed by atoms with Crippen LogP contribution < -0.4 is 26.5 Å². The summed E-state index contributed by atoms with van der Waals surface area (Å²) in [6.45, 7) is 0. The zero-order chi connectivity index (χ0) is 24.4. The minimum Gasteiger partial charge on any atom is -0.265 e. The molecule has 1 aliphatic rings. The molecule has 1 atom stereocenters. The summed E-state index contributed by atoms with van der Waals surface area (Å²) in [5.41, 5.74) is 0.407. The van der Waals surface area contributed by atoms with E-state index in [1.807, 2.05) is 6.08 Å². The first-order valence-corrected chi connectivity index (χ1v) is 14.9. The van der Waals surface area contributed by atoms with Crippen molar-refractivity contribution in [2.75, 3.05) is 0 Å². The Hall–Kier alpha value is -2.91. The molecule has 0 bridgehead atoms. The molecule has 1 unspecified atom stereocenters. The summed E-state index contributed by atoms with van der Waals surface area (Å²) < 4.78 is 0. The van der Waals surface area contributed by atoms with Crippen LogP contribution in [0, 0.1) is 6.08 Å². The SMILES string of the molecule is [C-]1=CC=CC1P(c1ccccc1)c1ccccc1.[Fe+2].c1ccc(P(c2ccccc2)c2cc[cH-]c2)cc1. The monoisotopic (exact) mass is 554 g/mol. The fourth-order valence-electron chi connectivity index (χ4n) is 4.29. The van der Waals surface area contributed by atoms with E-state index in [4.69, 9.17) is 0 Å². The Kier molecular flexibility index (Phi) is 10.4. The normalized spacial score (nSPS) is 13.7. The van der Waals surface area contributed by atoms with Crippen molar-refractivity contribution in [3.05, 3.63) is 170 Å². The maximum Gasteiger partial charge on any atom is 2.00 e. The molecule has 0 heterocycles. The van der Waals surface area contributed by atoms with Crippen LogP contribution in [0.4, 0.5) is 0 Å². The quantitative estimate of drug-likeness (QED) is 0.127. The first kappa shape index (κ1) is 27.1. The Bertz CT molecular complexity index is 1270. The van der Waals surface area contributed by atoms with E-state index in [1.54, 1.807) is 0 Å². The molecule has 37 heavy (non-hydrogen) atoms. The molecule has 5 aromatic rings. The number of hydrogen-bond donors (Lipinski definition) is 0. The summed E-state index contributed by atoms with van der Waals surface area (Å²) in [4.78, 5) is 0. The van der Waals surface area contributed by atoms with Gasteiger partial charge in [0.05, 0.1) is 0 Å². The molecular formula is C34H28FeP2. The molecule has 6 rings (SSSR count). The molecule has 0 nitrogen and oxygen atoms in total. The average Bonchev–Trinajstić information content (AvgIpc) is 3.68. The van der Waals surface area contributed by atoms with E-state index in [9.17, 15) is 0 Å². The molecule has 0 saturated heterocycles. The standard InChI is InChI=1S/2C17H14P.Fe/c2*1-3-9-15(10-4-1)18(17-13-7-8-14-17)16-11-5-2-6-12-16;/h1-13,17H;1-14H;/q2*-1;+2. The zero-order valence-electron chi connectivity index (χ0n) is 20.4. The van der Waals surface area contributed by atoms with Crippen LogP contribution >= 0.6 is 15.8 Å². The molecule has 0 fully saturated rings. The van der Waals surface area contributed by atoms with Crippen molar-refractivity contribution in [2.45, 2.75) is 5.66 Å². The molecule has 0 radical (unpaired) electrons. The van der Waals surface area contributed by atoms with E-state index in [0.29, 0.717) is 5.66 Å². The van der Waals surface area contributed by atoms with Crippen LogP contribution in [0.3, 0.4) is 0 Å². The number of allylic oxidation sites excluding steroid dienone is 4. The van der Waals surface area contributed by atoms with Gasteiger partial charge in [-0.25, -0.2) is 18.2 Å². The van der Waals surface area contributed by atoms with Gasteiger partial charge in [0.25, 0.3) is 0 Å². The fraction of sp³-hybridized carbons (Fsp3) is 0.0294. The maximum absolute atomic E-state index is 3.45. The molecule has 0 saturated carbocycles. The second-order valence-corrected chi connectivity index (χ2v) is 12.9. The predicted octanol–water partition coefficient (Wildman–Crippen LogP) is 6.58. The summed E-state index contributed by atoms with van der Waals surface area (Å²) in [6.07, 6.45) is 9.84. The molecule has 0 aromatic heterocycles. The van der Waals surface area contributed by atoms with Gasteiger partial charge in [-0.15, -0.1) is 0 Å². The van der Waals surface area contributed by atoms with E-state index in [1.165, 1.54) is 26.5 Å². The number of rotatable bonds is 6. The molecular weight excluding hydrogens is 526 g/mol. The average molecular weight is 554 g/mol. The van der Waals surface area contributed by atoms with Crippen molar-refractivity contribution in [2.24, 2.45) is 0 Å². The molecule has 0 N–H and O–H groups in total. The van der Waals surface area contributed by atoms with Crippen molar-refractivity contribution in [3.63, 3.8) is 0 Å². The van der Waals surface area contributed by atoms with Gasteiger partial charge in [0, 0.05) is 0 Å². The van der Waals surface area contributed by atoms with E-state index in [-0.39, 0.29) is 25.0 Å². The topological polar surface area (TPSA) is 0 Å². The van der Waals surface area contributed by atoms with Crippen LogP contribution in [-0.4, -0.2) is 5.66 Å². The Labute approximate surface area is 234 Å². The fourth-order valence-corrected chi connectivity index (χ4v) is 9.03. The minimum absolute atomic E-state index is 0. The Morgan fingerprint density at radius 3 is 1.38 bits per heavy atom. The van der Waals surface area contributed by atoms with Gasteiger partial charge in [-0.05, 0) is 21.2 Å². The maximum atomic E-state index is 3.45. The number of benzene rings is 4. The van der Waals surface area contributed by atoms with E-state index in [2.05, 4.69) is 164 Å². The van der Waals surface area contributed by atoms with Gasteiger partial charge < -0.3 is 0 Å². The first-order valence-electron chi connectivity index (χ1n) is 12.2. The van der Waals surface area contributed by atoms with Gasteiger partial charge >= 0.3 is 17.1 Å². The Morgan fingerprint density at radius 1 is 0.541 bits per heavy atom. The molecule has 0 aliphatic heterocycles. The van der Waals surface area contributed by atoms with Crippen molar-refractivity contribution in [1.29, 1.82) is 0 Å². The molecule has 5 aromatic carbocycles. The van der Waals surface area contributed by atoms with Crippen LogP contribution in [0.25, 0.3) is 0 Å². The summed E-state index contributed by atoms with van der Waals surface area (Å²) in [6, 6.07) is 51.8. The van der Waals surface area contributed by atoms with Gasteiger partial charge in [0.1, 0.15) is 0 Å². The summed E-state index contributed by atoms with van der Waals surface area (Å²) in [5.74, 6) is 0. The summed E-state index contributed by atoms with van der Waals surface area (Å²) in [7, 11) is -0.790. The Morgan fingerprint density at radius 2 is 1.00 bits per heavy atom. The van der Waals surface area contributed by atoms with Gasteiger partial charge in [-0.2, -0.15) is 29.6 Å². The van der Waals surface area contributed by atoms with E-state index < -0.39 is 7.92 Å². The van der Waals surface area contributed by atoms with Gasteiger partial charge in [0.2, 0.25) is 0 Å². The van der Waals surface area contributed by atoms with Gasteiger partial charge in [-0.3, -0.25) is 6.08 Å². The van der Waals surface area contributed by atoms with Crippen LogP contribution in [0.15, 0.2) is 164 Å². The summed E-state index contributed by atoms with van der Waals surface area (Å²) >= 11 is 0. The molecule has 0 amide bonds. The molecule has 1 aliphatic carbocycles. The summed E-state index contributed by atoms with van der Waals surface area (Å²) in [5, 5.41) is 7.06. The van der Waals surface area contributed by atoms with Crippen molar-refractivity contribution in [3.8, 4) is 0 Å². The predicted molar refractivity (Wildman–Crippen MR) is 161 cm³/mol. The van der Waals surface area contributed by atoms with E-state index in [0.717, 1.165) is 0 Å². The van der Waals surface area contributed by atoms with Crippen LogP contribution in [0.1, 0.15) is 0 Å². The third-order valence-electron chi connectivity index (χ3n) is 5.94. The largest absolute Gasteiger partial charge is 2.00 e. The molecule has 3 heteroatoms. The number of hydrogen-bond acceptors (Lipinski definition) is 0. The van der Waals surface area contributed by atoms with Crippen molar-refractivity contribution in [1.82, 2.24) is 0 Å². The van der Waals surface area contributed by atoms with Gasteiger partial charge in [-0.1, -0.05) is 143 Å². The zero-order valence-corrected chi connectivity index (χ0v) is 23.3. The minimum atomic E-state index is -0.409. The van der Waals surface area contributed by atoms with Crippen LogP contribution in [0.2, 0.25) is 0 Å². The second-order valence-electron chi connectivity index (χ2n) is 8.35. The van der Waals surface area contributed by atoms with Crippen molar-refractivity contribution >= 4 is 42.4 Å². The first-order chi connectivity index (χ1) is 17.9. The van der Waals surface area contributed by atoms with Crippen LogP contribution in [-0.2, 0) is 17.1 Å². The smallest absolute Gasteiger partial charge is 0.265 e. The van der Waals surface area contributed by atoms with Gasteiger partial charge in [0.15, 0.2) is 0 Å². The van der Waals surface area contributed by atoms with Crippen molar-refractivity contribution < 1.29 is 17.1 Å².